The van der Waals surface area contributed by atoms with E-state index in [0.717, 1.165) is 19.6 Å². The van der Waals surface area contributed by atoms with E-state index in [1.165, 1.54) is 0 Å². The Hall–Kier alpha value is -0.610. The van der Waals surface area contributed by atoms with Gasteiger partial charge in [-0.1, -0.05) is 0 Å². The van der Waals surface area contributed by atoms with Gasteiger partial charge in [-0.15, -0.1) is 0 Å². The lowest BCUT2D eigenvalue weighted by Gasteiger charge is -2.02. The van der Waals surface area contributed by atoms with Crippen LogP contribution in [0.1, 0.15) is 13.3 Å². The summed E-state index contributed by atoms with van der Waals surface area (Å²) in [6, 6.07) is 0. The summed E-state index contributed by atoms with van der Waals surface area (Å²) in [5.74, 6) is 0. The Labute approximate surface area is 72.8 Å². The van der Waals surface area contributed by atoms with Crippen molar-refractivity contribution >= 4 is 6.47 Å². The van der Waals surface area contributed by atoms with E-state index in [0.29, 0.717) is 26.3 Å². The van der Waals surface area contributed by atoms with Gasteiger partial charge in [0.1, 0.15) is 6.61 Å². The molecule has 0 fully saturated rings. The molecule has 0 saturated heterocycles. The first-order valence-corrected chi connectivity index (χ1v) is 4.12. The van der Waals surface area contributed by atoms with E-state index >= 15 is 0 Å². The van der Waals surface area contributed by atoms with Gasteiger partial charge in [0, 0.05) is 19.8 Å². The van der Waals surface area contributed by atoms with Gasteiger partial charge < -0.3 is 14.2 Å². The van der Waals surface area contributed by atoms with Crippen LogP contribution in [0.5, 0.6) is 0 Å². The molecule has 0 aromatic carbocycles. The number of rotatable bonds is 9. The molecule has 0 unspecified atom stereocenters. The Bertz CT molecular complexity index is 95.1. The minimum Gasteiger partial charge on any atom is -0.465 e. The van der Waals surface area contributed by atoms with E-state index in [4.69, 9.17) is 9.47 Å². The molecule has 0 atom stereocenters. The lowest BCUT2D eigenvalue weighted by molar-refractivity contribution is -0.130. The van der Waals surface area contributed by atoms with Crippen molar-refractivity contribution in [1.82, 2.24) is 0 Å². The van der Waals surface area contributed by atoms with Crippen molar-refractivity contribution in [3.63, 3.8) is 0 Å². The molecule has 0 aliphatic carbocycles. The first-order valence-electron chi connectivity index (χ1n) is 4.12. The van der Waals surface area contributed by atoms with E-state index < -0.39 is 0 Å². The number of hydrogen-bond acceptors (Lipinski definition) is 4. The molecule has 0 aromatic rings. The van der Waals surface area contributed by atoms with Crippen LogP contribution < -0.4 is 0 Å². The van der Waals surface area contributed by atoms with Gasteiger partial charge in [-0.3, -0.25) is 4.79 Å². The second kappa shape index (κ2) is 10.4. The average Bonchev–Trinajstić information content (AvgIpc) is 2.10. The van der Waals surface area contributed by atoms with Crippen molar-refractivity contribution in [2.75, 3.05) is 33.0 Å². The fourth-order valence-corrected chi connectivity index (χ4v) is 0.665. The fourth-order valence-electron chi connectivity index (χ4n) is 0.665. The van der Waals surface area contributed by atoms with E-state index in [1.807, 2.05) is 6.92 Å². The third-order valence-corrected chi connectivity index (χ3v) is 1.20. The van der Waals surface area contributed by atoms with Gasteiger partial charge in [-0.05, 0) is 13.3 Å². The SMILES string of the molecule is CCOCCCOCCOC=O. The summed E-state index contributed by atoms with van der Waals surface area (Å²) < 4.78 is 14.6. The number of carbonyl (C=O) groups is 1. The van der Waals surface area contributed by atoms with Crippen LogP contribution >= 0.6 is 0 Å². The quantitative estimate of drug-likeness (QED) is 0.381. The molecule has 0 aromatic heterocycles. The second-order valence-corrected chi connectivity index (χ2v) is 2.13. The minimum atomic E-state index is 0.331. The molecule has 0 aliphatic rings. The van der Waals surface area contributed by atoms with Crippen LogP contribution in [0.3, 0.4) is 0 Å². The molecule has 4 heteroatoms. The first kappa shape index (κ1) is 11.4. The highest BCUT2D eigenvalue weighted by atomic mass is 16.5. The lowest BCUT2D eigenvalue weighted by Crippen LogP contribution is -2.06. The highest BCUT2D eigenvalue weighted by Crippen LogP contribution is 1.84. The smallest absolute Gasteiger partial charge is 0.293 e. The molecule has 0 rings (SSSR count). The van der Waals surface area contributed by atoms with Gasteiger partial charge in [-0.2, -0.15) is 0 Å². The largest absolute Gasteiger partial charge is 0.465 e. The van der Waals surface area contributed by atoms with Crippen LogP contribution in [0.25, 0.3) is 0 Å². The molecule has 0 N–H and O–H groups in total. The summed E-state index contributed by atoms with van der Waals surface area (Å²) in [6.07, 6.45) is 0.884. The molecule has 0 spiro atoms. The van der Waals surface area contributed by atoms with Crippen LogP contribution in [0.2, 0.25) is 0 Å². The number of hydrogen-bond donors (Lipinski definition) is 0. The Morgan fingerprint density at radius 3 is 2.50 bits per heavy atom. The Morgan fingerprint density at radius 1 is 1.08 bits per heavy atom. The van der Waals surface area contributed by atoms with Crippen molar-refractivity contribution in [2.45, 2.75) is 13.3 Å². The van der Waals surface area contributed by atoms with Crippen LogP contribution in [0.4, 0.5) is 0 Å². The van der Waals surface area contributed by atoms with E-state index in [2.05, 4.69) is 4.74 Å². The molecular weight excluding hydrogens is 160 g/mol. The maximum atomic E-state index is 9.68. The Morgan fingerprint density at radius 2 is 1.83 bits per heavy atom. The van der Waals surface area contributed by atoms with Gasteiger partial charge >= 0.3 is 0 Å². The van der Waals surface area contributed by atoms with Gasteiger partial charge in [0.15, 0.2) is 0 Å². The van der Waals surface area contributed by atoms with Crippen LogP contribution in [0, 0.1) is 0 Å². The molecule has 72 valence electrons. The molecular formula is C8H16O4. The summed E-state index contributed by atoms with van der Waals surface area (Å²) in [7, 11) is 0. The van der Waals surface area contributed by atoms with Crippen molar-refractivity contribution in [3.05, 3.63) is 0 Å². The zero-order chi connectivity index (χ0) is 9.07. The van der Waals surface area contributed by atoms with Gasteiger partial charge in [0.25, 0.3) is 6.47 Å². The minimum absolute atomic E-state index is 0.331. The van der Waals surface area contributed by atoms with E-state index in [1.54, 1.807) is 0 Å². The maximum Gasteiger partial charge on any atom is 0.293 e. The highest BCUT2D eigenvalue weighted by Gasteiger charge is 1.89. The Kier molecular flexibility index (Phi) is 9.86. The topological polar surface area (TPSA) is 44.8 Å². The average molecular weight is 176 g/mol. The van der Waals surface area contributed by atoms with E-state index in [-0.39, 0.29) is 0 Å². The number of carbonyl (C=O) groups excluding carboxylic acids is 1. The molecule has 0 amide bonds. The molecule has 0 radical (unpaired) electrons. The van der Waals surface area contributed by atoms with Crippen molar-refractivity contribution < 1.29 is 19.0 Å². The summed E-state index contributed by atoms with van der Waals surface area (Å²) in [6.45, 7) is 5.30. The fraction of sp³-hybridized carbons (Fsp3) is 0.875. The van der Waals surface area contributed by atoms with Gasteiger partial charge in [0.2, 0.25) is 0 Å². The summed E-state index contributed by atoms with van der Waals surface area (Å²) in [4.78, 5) is 9.68. The first-order chi connectivity index (χ1) is 5.91. The number of ether oxygens (including phenoxy) is 3. The van der Waals surface area contributed by atoms with Crippen molar-refractivity contribution in [3.8, 4) is 0 Å². The molecule has 12 heavy (non-hydrogen) atoms. The molecule has 4 nitrogen and oxygen atoms in total. The van der Waals surface area contributed by atoms with Crippen molar-refractivity contribution in [2.24, 2.45) is 0 Å². The predicted octanol–water partition coefficient (Wildman–Crippen LogP) is 0.603. The molecule has 0 bridgehead atoms. The zero-order valence-electron chi connectivity index (χ0n) is 7.45. The van der Waals surface area contributed by atoms with Gasteiger partial charge in [0.05, 0.1) is 6.61 Å². The monoisotopic (exact) mass is 176 g/mol. The van der Waals surface area contributed by atoms with Crippen LogP contribution in [-0.2, 0) is 19.0 Å². The second-order valence-electron chi connectivity index (χ2n) is 2.13. The highest BCUT2D eigenvalue weighted by molar-refractivity contribution is 5.36. The van der Waals surface area contributed by atoms with E-state index in [9.17, 15) is 4.79 Å². The summed E-state index contributed by atoms with van der Waals surface area (Å²) in [5.41, 5.74) is 0. The Balaban J connectivity index is 2.77. The molecule has 0 saturated carbocycles. The summed E-state index contributed by atoms with van der Waals surface area (Å²) >= 11 is 0. The van der Waals surface area contributed by atoms with Crippen LogP contribution in [-0.4, -0.2) is 39.5 Å². The standard InChI is InChI=1S/C8H16O4/c1-2-10-4-3-5-11-6-7-12-8-9/h8H,2-7H2,1H3. The normalized spacial score (nSPS) is 9.75. The zero-order valence-corrected chi connectivity index (χ0v) is 7.45. The third-order valence-electron chi connectivity index (χ3n) is 1.20. The van der Waals surface area contributed by atoms with Gasteiger partial charge in [-0.25, -0.2) is 0 Å². The van der Waals surface area contributed by atoms with Crippen LogP contribution in [0.15, 0.2) is 0 Å². The lowest BCUT2D eigenvalue weighted by atomic mass is 10.5. The molecule has 0 aliphatic heterocycles. The van der Waals surface area contributed by atoms with Crippen molar-refractivity contribution in [1.29, 1.82) is 0 Å². The predicted molar refractivity (Wildman–Crippen MR) is 43.9 cm³/mol. The summed E-state index contributed by atoms with van der Waals surface area (Å²) in [5, 5.41) is 0. The third kappa shape index (κ3) is 9.39. The molecule has 0 heterocycles. The maximum absolute atomic E-state index is 9.68.